The number of nitrogens with one attached hydrogen (secondary N) is 4. The van der Waals surface area contributed by atoms with Crippen LogP contribution in [0.4, 0.5) is 0 Å². The molecular weight excluding hydrogens is 751 g/mol. The molecule has 0 saturated carbocycles. The number of aromatic nitrogens is 7. The second-order valence-electron chi connectivity index (χ2n) is 16.0. The fraction of sp³-hybridized carbons (Fsp3) is 0.250. The number of hydrogen-bond acceptors (Lipinski definition) is 7. The second-order valence-corrected chi connectivity index (χ2v) is 16.0. The van der Waals surface area contributed by atoms with Crippen molar-refractivity contribution in [2.24, 2.45) is 0 Å². The minimum atomic E-state index is 0. The SMILES string of the molecule is C.Cc1ccc(-c2nc(-c3ccccn3)c([C@@H]3CC[C@H](c4ccccc4)NC3)[nH]2)cc1.Cc1ccc(-c2nc(-c3ncccn3)c([C@@H]3CC[C@H](c4ccccc4)NC3)[nH]2)cc1. The fourth-order valence-electron chi connectivity index (χ4n) is 8.50. The maximum Gasteiger partial charge on any atom is 0.180 e. The average Bonchev–Trinajstić information content (AvgIpc) is 3.98. The van der Waals surface area contributed by atoms with Crippen LogP contribution in [0.5, 0.6) is 0 Å². The van der Waals surface area contributed by atoms with Crippen LogP contribution in [0, 0.1) is 13.8 Å². The molecule has 0 aliphatic carbocycles. The molecule has 4 atom stereocenters. The lowest BCUT2D eigenvalue weighted by Crippen LogP contribution is -2.32. The number of nitrogens with zero attached hydrogens (tertiary/aromatic N) is 5. The molecule has 0 radical (unpaired) electrons. The van der Waals surface area contributed by atoms with Crippen molar-refractivity contribution in [3.8, 4) is 45.7 Å². The van der Waals surface area contributed by atoms with Crippen LogP contribution in [-0.4, -0.2) is 48.0 Å². The molecule has 10 rings (SSSR count). The van der Waals surface area contributed by atoms with Crippen LogP contribution in [0.25, 0.3) is 45.7 Å². The molecule has 9 heteroatoms. The Bertz CT molecular complexity index is 2370. The largest absolute Gasteiger partial charge is 0.341 e. The third-order valence-electron chi connectivity index (χ3n) is 11.8. The zero-order valence-electron chi connectivity index (χ0n) is 34.2. The van der Waals surface area contributed by atoms with Crippen LogP contribution >= 0.6 is 0 Å². The number of pyridine rings is 1. The second kappa shape index (κ2) is 19.2. The highest BCUT2D eigenvalue weighted by Crippen LogP contribution is 2.38. The van der Waals surface area contributed by atoms with Gasteiger partial charge in [0.25, 0.3) is 0 Å². The molecule has 6 heterocycles. The lowest BCUT2D eigenvalue weighted by molar-refractivity contribution is 0.370. The number of H-pyrrole nitrogens is 2. The molecule has 61 heavy (non-hydrogen) atoms. The predicted molar refractivity (Wildman–Crippen MR) is 247 cm³/mol. The molecule has 0 amide bonds. The van der Waals surface area contributed by atoms with E-state index in [-0.39, 0.29) is 7.43 Å². The van der Waals surface area contributed by atoms with E-state index in [1.54, 1.807) is 12.4 Å². The van der Waals surface area contributed by atoms with Crippen LogP contribution in [0.1, 0.15) is 90.7 Å². The van der Waals surface area contributed by atoms with E-state index in [1.807, 2.05) is 30.5 Å². The summed E-state index contributed by atoms with van der Waals surface area (Å²) in [6.07, 6.45) is 9.78. The van der Waals surface area contributed by atoms with Crippen molar-refractivity contribution in [1.29, 1.82) is 0 Å². The van der Waals surface area contributed by atoms with Crippen LogP contribution in [-0.2, 0) is 0 Å². The third-order valence-corrected chi connectivity index (χ3v) is 11.8. The van der Waals surface area contributed by atoms with Crippen LogP contribution in [0.15, 0.2) is 152 Å². The van der Waals surface area contributed by atoms with Crippen molar-refractivity contribution in [3.05, 3.63) is 186 Å². The first-order valence-corrected chi connectivity index (χ1v) is 21.1. The van der Waals surface area contributed by atoms with Crippen molar-refractivity contribution in [2.75, 3.05) is 13.1 Å². The lowest BCUT2D eigenvalue weighted by Gasteiger charge is -2.30. The Hall–Kier alpha value is -6.55. The molecule has 308 valence electrons. The maximum absolute atomic E-state index is 4.99. The third kappa shape index (κ3) is 9.59. The summed E-state index contributed by atoms with van der Waals surface area (Å²) in [5.74, 6) is 3.19. The van der Waals surface area contributed by atoms with Crippen LogP contribution in [0.3, 0.4) is 0 Å². The molecule has 4 aromatic carbocycles. The molecule has 8 aromatic rings. The van der Waals surface area contributed by atoms with E-state index < -0.39 is 0 Å². The Morgan fingerprint density at radius 1 is 0.459 bits per heavy atom. The zero-order valence-corrected chi connectivity index (χ0v) is 34.2. The van der Waals surface area contributed by atoms with E-state index in [4.69, 9.17) is 9.97 Å². The minimum Gasteiger partial charge on any atom is -0.341 e. The van der Waals surface area contributed by atoms with Gasteiger partial charge in [0.15, 0.2) is 5.82 Å². The summed E-state index contributed by atoms with van der Waals surface area (Å²) in [4.78, 5) is 30.7. The summed E-state index contributed by atoms with van der Waals surface area (Å²) >= 11 is 0. The molecule has 0 bridgehead atoms. The Kier molecular flexibility index (Phi) is 13.0. The molecule has 0 unspecified atom stereocenters. The first-order chi connectivity index (χ1) is 29.6. The number of rotatable bonds is 8. The number of imidazole rings is 2. The van der Waals surface area contributed by atoms with E-state index in [2.05, 4.69) is 159 Å². The molecule has 2 fully saturated rings. The van der Waals surface area contributed by atoms with Gasteiger partial charge in [-0.2, -0.15) is 0 Å². The molecule has 0 spiro atoms. The highest BCUT2D eigenvalue weighted by Gasteiger charge is 2.29. The van der Waals surface area contributed by atoms with E-state index in [0.29, 0.717) is 29.7 Å². The monoisotopic (exact) mass is 805 g/mol. The van der Waals surface area contributed by atoms with E-state index in [0.717, 1.165) is 84.3 Å². The van der Waals surface area contributed by atoms with Gasteiger partial charge in [-0.1, -0.05) is 134 Å². The molecule has 2 saturated heterocycles. The Morgan fingerprint density at radius 3 is 1.38 bits per heavy atom. The van der Waals surface area contributed by atoms with E-state index in [1.165, 1.54) is 27.9 Å². The number of piperidine rings is 2. The van der Waals surface area contributed by atoms with E-state index >= 15 is 0 Å². The lowest BCUT2D eigenvalue weighted by atomic mass is 9.88. The van der Waals surface area contributed by atoms with Crippen molar-refractivity contribution < 1.29 is 0 Å². The van der Waals surface area contributed by atoms with Gasteiger partial charge in [0.2, 0.25) is 0 Å². The molecular formula is C52H55N9. The summed E-state index contributed by atoms with van der Waals surface area (Å²) in [6, 6.07) is 47.1. The molecule has 9 nitrogen and oxygen atoms in total. The number of aromatic amines is 2. The molecule has 4 N–H and O–H groups in total. The van der Waals surface area contributed by atoms with Gasteiger partial charge in [-0.05, 0) is 68.9 Å². The normalized spacial score (nSPS) is 18.7. The fourth-order valence-corrected chi connectivity index (χ4v) is 8.50. The highest BCUT2D eigenvalue weighted by molar-refractivity contribution is 5.66. The smallest absolute Gasteiger partial charge is 0.180 e. The number of hydrogen-bond donors (Lipinski definition) is 4. The van der Waals surface area contributed by atoms with Crippen molar-refractivity contribution in [2.45, 2.75) is 70.9 Å². The number of benzene rings is 4. The van der Waals surface area contributed by atoms with Gasteiger partial charge in [-0.15, -0.1) is 0 Å². The van der Waals surface area contributed by atoms with Crippen molar-refractivity contribution in [3.63, 3.8) is 0 Å². The molecule has 4 aromatic heterocycles. The summed E-state index contributed by atoms with van der Waals surface area (Å²) in [5.41, 5.74) is 12.4. The number of aryl methyl sites for hydroxylation is 2. The van der Waals surface area contributed by atoms with Gasteiger partial charge < -0.3 is 20.6 Å². The summed E-state index contributed by atoms with van der Waals surface area (Å²) in [6.45, 7) is 6.02. The summed E-state index contributed by atoms with van der Waals surface area (Å²) in [5, 5.41) is 7.48. The Balaban J connectivity index is 0.000000166. The predicted octanol–water partition coefficient (Wildman–Crippen LogP) is 11.3. The Morgan fingerprint density at radius 2 is 0.918 bits per heavy atom. The van der Waals surface area contributed by atoms with Crippen LogP contribution in [0.2, 0.25) is 0 Å². The van der Waals surface area contributed by atoms with Gasteiger partial charge in [-0.3, -0.25) is 4.98 Å². The van der Waals surface area contributed by atoms with Gasteiger partial charge >= 0.3 is 0 Å². The van der Waals surface area contributed by atoms with Crippen molar-refractivity contribution in [1.82, 2.24) is 45.5 Å². The van der Waals surface area contributed by atoms with Gasteiger partial charge in [0.05, 0.1) is 11.4 Å². The van der Waals surface area contributed by atoms with E-state index in [9.17, 15) is 0 Å². The molecule has 2 aliphatic heterocycles. The van der Waals surface area contributed by atoms with Gasteiger partial charge in [0, 0.05) is 72.4 Å². The average molecular weight is 806 g/mol. The highest BCUT2D eigenvalue weighted by atomic mass is 15.0. The standard InChI is InChI=1S/C26H26N4.C25H25N5.CH4/c1-18-10-12-20(13-11-18)26-29-24(25(30-26)23-9-5-6-16-27-23)21-14-15-22(28-17-21)19-7-3-2-4-8-19;1-17-8-10-19(11-9-17)24-29-22(23(30-24)25-26-14-5-15-27-25)20-12-13-21(28-16-20)18-6-3-2-4-7-18;/h2-13,16,21-22,28H,14-15,17H2,1H3,(H,29,30);2-11,14-15,20-21,28H,12-13,16H2,1H3,(H,29,30);1H4/t21-,22-;20-,21-;/m11./s1. The maximum atomic E-state index is 4.99. The quantitative estimate of drug-likeness (QED) is 0.121. The van der Waals surface area contributed by atoms with Gasteiger partial charge in [-0.25, -0.2) is 19.9 Å². The van der Waals surface area contributed by atoms with Gasteiger partial charge in [0.1, 0.15) is 23.0 Å². The van der Waals surface area contributed by atoms with Crippen LogP contribution < -0.4 is 10.6 Å². The minimum absolute atomic E-state index is 0. The topological polar surface area (TPSA) is 120 Å². The first kappa shape index (κ1) is 41.2. The first-order valence-electron chi connectivity index (χ1n) is 21.1. The summed E-state index contributed by atoms with van der Waals surface area (Å²) in [7, 11) is 0. The summed E-state index contributed by atoms with van der Waals surface area (Å²) < 4.78 is 0. The van der Waals surface area contributed by atoms with Crippen molar-refractivity contribution >= 4 is 0 Å². The molecule has 2 aliphatic rings. The zero-order chi connectivity index (χ0) is 40.7. The Labute approximate surface area is 359 Å².